The normalized spacial score (nSPS) is 13.9. The third kappa shape index (κ3) is 55.0. The molecule has 0 aliphatic heterocycles. The van der Waals surface area contributed by atoms with Crippen molar-refractivity contribution in [2.75, 3.05) is 54.1 Å². The number of hydrogen-bond donors (Lipinski definition) is 1. The number of unbranched alkanes of at least 4 members (excludes halogenated alkanes) is 28. The van der Waals surface area contributed by atoms with Crippen LogP contribution >= 0.6 is 7.82 Å². The molecule has 0 bridgehead atoms. The van der Waals surface area contributed by atoms with E-state index in [1.54, 1.807) is 0 Å². The summed E-state index contributed by atoms with van der Waals surface area (Å²) in [4.78, 5) is 23.1. The van der Waals surface area contributed by atoms with Gasteiger partial charge in [0.15, 0.2) is 0 Å². The number of rotatable bonds is 52. The molecule has 0 radical (unpaired) electrons. The lowest BCUT2D eigenvalue weighted by molar-refractivity contribution is -0.870. The van der Waals surface area contributed by atoms with E-state index >= 15 is 0 Å². The topological polar surface area (TPSA) is 91.3 Å². The Morgan fingerprint density at radius 3 is 1.31 bits per heavy atom. The van der Waals surface area contributed by atoms with Gasteiger partial charge < -0.3 is 18.9 Å². The Morgan fingerprint density at radius 2 is 0.866 bits per heavy atom. The largest absolute Gasteiger partial charge is 0.472 e. The number of phosphoric ester groups is 1. The van der Waals surface area contributed by atoms with Crippen molar-refractivity contribution < 1.29 is 37.3 Å². The van der Waals surface area contributed by atoms with E-state index in [1.165, 1.54) is 167 Å². The monoisotopic (exact) mass is 963 g/mol. The van der Waals surface area contributed by atoms with E-state index in [0.717, 1.165) is 57.8 Å². The predicted octanol–water partition coefficient (Wildman–Crippen LogP) is 17.6. The molecular weight excluding hydrogens is 854 g/mol. The van der Waals surface area contributed by atoms with Crippen molar-refractivity contribution in [2.24, 2.45) is 0 Å². The summed E-state index contributed by atoms with van der Waals surface area (Å²) in [5.74, 6) is -0.315. The highest BCUT2D eigenvalue weighted by Gasteiger charge is 2.26. The lowest BCUT2D eigenvalue weighted by atomic mass is 10.1. The van der Waals surface area contributed by atoms with Crippen molar-refractivity contribution in [3.63, 3.8) is 0 Å². The smallest absolute Gasteiger partial charge is 0.457 e. The van der Waals surface area contributed by atoms with Crippen LogP contribution in [0.3, 0.4) is 0 Å². The first-order valence-corrected chi connectivity index (χ1v) is 29.5. The van der Waals surface area contributed by atoms with Crippen LogP contribution < -0.4 is 0 Å². The summed E-state index contributed by atoms with van der Waals surface area (Å²) in [5, 5.41) is 0. The van der Waals surface area contributed by atoms with Crippen molar-refractivity contribution in [3.05, 3.63) is 60.8 Å². The van der Waals surface area contributed by atoms with Gasteiger partial charge >= 0.3 is 13.8 Å². The number of carbonyl (C=O) groups is 1. The molecule has 0 amide bonds. The first-order valence-electron chi connectivity index (χ1n) is 28.0. The molecule has 1 N–H and O–H groups in total. The zero-order valence-corrected chi connectivity index (χ0v) is 45.5. The maximum absolute atomic E-state index is 12.8. The highest BCUT2D eigenvalue weighted by Crippen LogP contribution is 2.43. The Bertz CT molecular complexity index is 1260. The van der Waals surface area contributed by atoms with Crippen molar-refractivity contribution >= 4 is 13.8 Å². The summed E-state index contributed by atoms with van der Waals surface area (Å²) in [5.41, 5.74) is 0. The van der Waals surface area contributed by atoms with Gasteiger partial charge in [-0.1, -0.05) is 222 Å². The van der Waals surface area contributed by atoms with Crippen LogP contribution in [0.25, 0.3) is 0 Å². The number of ether oxygens (including phenoxy) is 2. The molecule has 2 atom stereocenters. The Labute approximate surface area is 415 Å². The van der Waals surface area contributed by atoms with Crippen LogP contribution in [0.5, 0.6) is 0 Å². The molecule has 67 heavy (non-hydrogen) atoms. The third-order valence-electron chi connectivity index (χ3n) is 12.1. The van der Waals surface area contributed by atoms with Gasteiger partial charge in [-0.3, -0.25) is 13.8 Å². The van der Waals surface area contributed by atoms with E-state index < -0.39 is 13.9 Å². The SMILES string of the molecule is CC/C=C\C/C=C\C/C=C\C/C=C\CCCCCCCCCCCCCOCC(COP(=O)(O)OCC[N+](C)(C)C)OC(=O)CCCCCCCCCCC/C=C\CCCCCCCCCC. The molecule has 0 aromatic rings. The van der Waals surface area contributed by atoms with Crippen LogP contribution in [0.2, 0.25) is 0 Å². The number of phosphoric acid groups is 1. The fourth-order valence-electron chi connectivity index (χ4n) is 7.78. The standard InChI is InChI=1S/C58H108NO7P/c1-6-8-10-12-14-16-18-20-22-24-26-28-29-30-32-34-36-38-40-42-44-46-48-50-53-63-55-57(56-65-67(61,62)64-54-52-59(3,4)5)66-58(60)51-49-47-45-43-41-39-37-35-33-31-27-25-23-21-19-17-15-13-11-9-7-2/h8,10,14,16,20,22,25-28,57H,6-7,9,11-13,15,17-19,21,23-24,29-56H2,1-5H3/p+1/b10-8-,16-14-,22-20-,27-25-,28-26-. The number of carbonyl (C=O) groups excluding carboxylic acids is 1. The average molecular weight is 963 g/mol. The number of quaternary nitrogens is 1. The molecule has 0 aromatic heterocycles. The Kier molecular flexibility index (Phi) is 49.2. The van der Waals surface area contributed by atoms with Crippen molar-refractivity contribution in [1.29, 1.82) is 0 Å². The molecule has 0 saturated carbocycles. The van der Waals surface area contributed by atoms with E-state index in [4.69, 9.17) is 18.5 Å². The molecule has 0 aromatic carbocycles. The number of nitrogens with zero attached hydrogens (tertiary/aromatic N) is 1. The van der Waals surface area contributed by atoms with Crippen LogP contribution in [0, 0.1) is 0 Å². The van der Waals surface area contributed by atoms with E-state index in [1.807, 2.05) is 21.1 Å². The minimum absolute atomic E-state index is 0.0864. The first kappa shape index (κ1) is 65.2. The second kappa shape index (κ2) is 50.6. The van der Waals surface area contributed by atoms with Crippen LogP contribution in [0.15, 0.2) is 60.8 Å². The quantitative estimate of drug-likeness (QED) is 0.0213. The van der Waals surface area contributed by atoms with Gasteiger partial charge in [0.25, 0.3) is 0 Å². The zero-order chi connectivity index (χ0) is 49.0. The van der Waals surface area contributed by atoms with Crippen LogP contribution in [-0.4, -0.2) is 75.6 Å². The number of esters is 1. The second-order valence-corrected chi connectivity index (χ2v) is 21.4. The van der Waals surface area contributed by atoms with Crippen LogP contribution in [-0.2, 0) is 27.9 Å². The van der Waals surface area contributed by atoms with E-state index in [2.05, 4.69) is 74.6 Å². The molecule has 0 aliphatic rings. The molecule has 9 heteroatoms. The van der Waals surface area contributed by atoms with Gasteiger partial charge in [-0.2, -0.15) is 0 Å². The van der Waals surface area contributed by atoms with Gasteiger partial charge in [-0.15, -0.1) is 0 Å². The summed E-state index contributed by atoms with van der Waals surface area (Å²) in [7, 11) is 1.67. The van der Waals surface area contributed by atoms with Crippen molar-refractivity contribution in [3.8, 4) is 0 Å². The van der Waals surface area contributed by atoms with Gasteiger partial charge in [-0.05, 0) is 77.0 Å². The van der Waals surface area contributed by atoms with E-state index in [-0.39, 0.29) is 25.8 Å². The van der Waals surface area contributed by atoms with Gasteiger partial charge in [-0.25, -0.2) is 4.57 Å². The fourth-order valence-corrected chi connectivity index (χ4v) is 8.52. The van der Waals surface area contributed by atoms with Gasteiger partial charge in [0.05, 0.1) is 34.4 Å². The maximum atomic E-state index is 12.8. The molecule has 2 unspecified atom stereocenters. The van der Waals surface area contributed by atoms with Crippen LogP contribution in [0.4, 0.5) is 0 Å². The maximum Gasteiger partial charge on any atom is 0.472 e. The summed E-state index contributed by atoms with van der Waals surface area (Å²) in [6, 6.07) is 0. The van der Waals surface area contributed by atoms with Crippen molar-refractivity contribution in [2.45, 2.75) is 251 Å². The molecule has 0 heterocycles. The Morgan fingerprint density at radius 1 is 0.478 bits per heavy atom. The number of likely N-dealkylation sites (N-methyl/N-ethyl adjacent to an activating group) is 1. The van der Waals surface area contributed by atoms with Gasteiger partial charge in [0, 0.05) is 13.0 Å². The lowest BCUT2D eigenvalue weighted by Crippen LogP contribution is -2.37. The molecule has 392 valence electrons. The minimum atomic E-state index is -4.29. The van der Waals surface area contributed by atoms with Crippen molar-refractivity contribution in [1.82, 2.24) is 0 Å². The van der Waals surface area contributed by atoms with Gasteiger partial charge in [0.2, 0.25) is 0 Å². The predicted molar refractivity (Wildman–Crippen MR) is 289 cm³/mol. The molecule has 0 fully saturated rings. The summed E-state index contributed by atoms with van der Waals surface area (Å²) in [6.07, 6.45) is 65.6. The third-order valence-corrected chi connectivity index (χ3v) is 13.0. The molecule has 0 rings (SSSR count). The summed E-state index contributed by atoms with van der Waals surface area (Å²) in [6.45, 7) is 5.53. The molecule has 0 spiro atoms. The minimum Gasteiger partial charge on any atom is -0.457 e. The number of allylic oxidation sites excluding steroid dienone is 10. The molecule has 0 saturated heterocycles. The Hall–Kier alpha value is -1.80. The first-order chi connectivity index (χ1) is 32.6. The summed E-state index contributed by atoms with van der Waals surface area (Å²) >= 11 is 0. The zero-order valence-electron chi connectivity index (χ0n) is 44.6. The highest BCUT2D eigenvalue weighted by molar-refractivity contribution is 7.47. The molecular formula is C58H109NO7P+. The lowest BCUT2D eigenvalue weighted by Gasteiger charge is -2.24. The molecule has 0 aliphatic carbocycles. The fraction of sp³-hybridized carbons (Fsp3) is 0.810. The van der Waals surface area contributed by atoms with E-state index in [9.17, 15) is 14.3 Å². The average Bonchev–Trinajstić information content (AvgIpc) is 3.29. The Balaban J connectivity index is 4.09. The number of hydrogen-bond acceptors (Lipinski definition) is 6. The highest BCUT2D eigenvalue weighted by atomic mass is 31.2. The molecule has 8 nitrogen and oxygen atoms in total. The second-order valence-electron chi connectivity index (χ2n) is 19.9. The summed E-state index contributed by atoms with van der Waals surface area (Å²) < 4.78 is 35.2. The van der Waals surface area contributed by atoms with Crippen LogP contribution in [0.1, 0.15) is 245 Å². The van der Waals surface area contributed by atoms with E-state index in [0.29, 0.717) is 24.1 Å². The van der Waals surface area contributed by atoms with Gasteiger partial charge in [0.1, 0.15) is 19.3 Å².